The lowest BCUT2D eigenvalue weighted by Gasteiger charge is -2.18. The number of nitrogens with zero attached hydrogens (tertiary/aromatic N) is 1. The standard InChI is InChI=1S/C16H26N4O3.2ClH/c1-3-20(4-2)9-10-23-14-7-5-13(6-8-14)19-16(22)12-18-15(21)11-17;;/h5-8H,3-4,9-12,17H2,1-2H3,(H,18,21)(H,19,22);2*1H. The molecule has 7 nitrogen and oxygen atoms in total. The van der Waals surface area contributed by atoms with Gasteiger partial charge in [-0.05, 0) is 37.4 Å². The molecule has 25 heavy (non-hydrogen) atoms. The monoisotopic (exact) mass is 394 g/mol. The van der Waals surface area contributed by atoms with Crippen LogP contribution >= 0.6 is 24.8 Å². The van der Waals surface area contributed by atoms with E-state index in [-0.39, 0.29) is 49.7 Å². The van der Waals surface area contributed by atoms with E-state index in [9.17, 15) is 9.59 Å². The molecule has 2 amide bonds. The topological polar surface area (TPSA) is 96.7 Å². The van der Waals surface area contributed by atoms with Crippen molar-refractivity contribution >= 4 is 42.3 Å². The Hall–Kier alpha value is -1.54. The third-order valence-electron chi connectivity index (χ3n) is 3.34. The van der Waals surface area contributed by atoms with Crippen molar-refractivity contribution in [2.75, 3.05) is 44.6 Å². The summed E-state index contributed by atoms with van der Waals surface area (Å²) in [4.78, 5) is 24.9. The summed E-state index contributed by atoms with van der Waals surface area (Å²) in [6.07, 6.45) is 0. The first kappa shape index (κ1) is 25.7. The highest BCUT2D eigenvalue weighted by Gasteiger charge is 2.05. The largest absolute Gasteiger partial charge is 0.492 e. The highest BCUT2D eigenvalue weighted by Crippen LogP contribution is 2.15. The second kappa shape index (κ2) is 14.8. The lowest BCUT2D eigenvalue weighted by molar-refractivity contribution is -0.123. The van der Waals surface area contributed by atoms with Crippen LogP contribution in [0.25, 0.3) is 0 Å². The number of carbonyl (C=O) groups excluding carboxylic acids is 2. The van der Waals surface area contributed by atoms with Crippen LogP contribution in [0.3, 0.4) is 0 Å². The summed E-state index contributed by atoms with van der Waals surface area (Å²) in [5.74, 6) is 0.0886. The van der Waals surface area contributed by atoms with Crippen LogP contribution < -0.4 is 21.1 Å². The van der Waals surface area contributed by atoms with E-state index in [2.05, 4.69) is 29.4 Å². The molecule has 0 aromatic heterocycles. The number of halogens is 2. The fourth-order valence-corrected chi connectivity index (χ4v) is 1.92. The number of benzene rings is 1. The van der Waals surface area contributed by atoms with Gasteiger partial charge < -0.3 is 26.0 Å². The zero-order valence-electron chi connectivity index (χ0n) is 14.6. The Bertz CT molecular complexity index is 497. The first-order chi connectivity index (χ1) is 11.1. The van der Waals surface area contributed by atoms with Crippen LogP contribution in [0.15, 0.2) is 24.3 Å². The van der Waals surface area contributed by atoms with E-state index in [1.807, 2.05) is 0 Å². The second-order valence-corrected chi connectivity index (χ2v) is 4.93. The number of likely N-dealkylation sites (N-methyl/N-ethyl adjacent to an activating group) is 1. The molecule has 0 atom stereocenters. The SMILES string of the molecule is CCN(CC)CCOc1ccc(NC(=O)CNC(=O)CN)cc1.Cl.Cl. The van der Waals surface area contributed by atoms with Crippen LogP contribution in [0, 0.1) is 0 Å². The fraction of sp³-hybridized carbons (Fsp3) is 0.500. The highest BCUT2D eigenvalue weighted by atomic mass is 35.5. The number of carbonyl (C=O) groups is 2. The Kier molecular flexibility index (Phi) is 15.2. The van der Waals surface area contributed by atoms with Crippen LogP contribution in [0.2, 0.25) is 0 Å². The molecular formula is C16H28Cl2N4O3. The van der Waals surface area contributed by atoms with Gasteiger partial charge in [0.15, 0.2) is 0 Å². The van der Waals surface area contributed by atoms with Gasteiger partial charge in [-0.1, -0.05) is 13.8 Å². The third kappa shape index (κ3) is 10.8. The predicted molar refractivity (Wildman–Crippen MR) is 105 cm³/mol. The Balaban J connectivity index is 0. The first-order valence-electron chi connectivity index (χ1n) is 7.80. The van der Waals surface area contributed by atoms with Crippen LogP contribution in [0.1, 0.15) is 13.8 Å². The second-order valence-electron chi connectivity index (χ2n) is 4.93. The molecule has 0 heterocycles. The molecule has 0 aliphatic heterocycles. The summed E-state index contributed by atoms with van der Waals surface area (Å²) in [6.45, 7) is 7.53. The molecule has 0 fully saturated rings. The van der Waals surface area contributed by atoms with Gasteiger partial charge >= 0.3 is 0 Å². The van der Waals surface area contributed by atoms with Gasteiger partial charge in [-0.25, -0.2) is 0 Å². The number of nitrogens with one attached hydrogen (secondary N) is 2. The number of amides is 2. The molecular weight excluding hydrogens is 367 g/mol. The van der Waals surface area contributed by atoms with Crippen molar-refractivity contribution in [3.63, 3.8) is 0 Å². The van der Waals surface area contributed by atoms with Gasteiger partial charge in [-0.3, -0.25) is 9.59 Å². The fourth-order valence-electron chi connectivity index (χ4n) is 1.92. The summed E-state index contributed by atoms with van der Waals surface area (Å²) in [5.41, 5.74) is 5.79. The highest BCUT2D eigenvalue weighted by molar-refractivity contribution is 5.94. The molecule has 4 N–H and O–H groups in total. The van der Waals surface area contributed by atoms with Crippen molar-refractivity contribution in [1.82, 2.24) is 10.2 Å². The van der Waals surface area contributed by atoms with E-state index in [4.69, 9.17) is 10.5 Å². The number of ether oxygens (including phenoxy) is 1. The average Bonchev–Trinajstić information content (AvgIpc) is 2.58. The summed E-state index contributed by atoms with van der Waals surface area (Å²) in [6, 6.07) is 7.12. The van der Waals surface area contributed by atoms with Gasteiger partial charge in [-0.15, -0.1) is 24.8 Å². The van der Waals surface area contributed by atoms with E-state index in [0.717, 1.165) is 25.4 Å². The average molecular weight is 395 g/mol. The number of hydrogen-bond donors (Lipinski definition) is 3. The van der Waals surface area contributed by atoms with Crippen molar-refractivity contribution in [2.45, 2.75) is 13.8 Å². The third-order valence-corrected chi connectivity index (χ3v) is 3.34. The molecule has 0 aliphatic carbocycles. The molecule has 0 bridgehead atoms. The van der Waals surface area contributed by atoms with Gasteiger partial charge in [0.2, 0.25) is 11.8 Å². The van der Waals surface area contributed by atoms with Crippen LogP contribution in [0.4, 0.5) is 5.69 Å². The van der Waals surface area contributed by atoms with E-state index in [1.54, 1.807) is 24.3 Å². The summed E-state index contributed by atoms with van der Waals surface area (Å²) < 4.78 is 5.67. The Morgan fingerprint density at radius 3 is 2.20 bits per heavy atom. The molecule has 0 unspecified atom stereocenters. The van der Waals surface area contributed by atoms with E-state index in [1.165, 1.54) is 0 Å². The molecule has 1 aromatic rings. The maximum absolute atomic E-state index is 11.6. The molecule has 144 valence electrons. The zero-order valence-corrected chi connectivity index (χ0v) is 16.3. The van der Waals surface area contributed by atoms with Crippen LogP contribution in [-0.4, -0.2) is 56.0 Å². The number of nitrogens with two attached hydrogens (primary N) is 1. The molecule has 1 aromatic carbocycles. The van der Waals surface area contributed by atoms with Crippen molar-refractivity contribution in [2.24, 2.45) is 5.73 Å². The van der Waals surface area contributed by atoms with Crippen molar-refractivity contribution in [3.8, 4) is 5.75 Å². The maximum Gasteiger partial charge on any atom is 0.243 e. The molecule has 0 saturated heterocycles. The summed E-state index contributed by atoms with van der Waals surface area (Å²) in [5, 5.41) is 5.09. The van der Waals surface area contributed by atoms with Gasteiger partial charge in [0.05, 0.1) is 13.1 Å². The molecule has 1 rings (SSSR count). The summed E-state index contributed by atoms with van der Waals surface area (Å²) in [7, 11) is 0. The lowest BCUT2D eigenvalue weighted by Crippen LogP contribution is -2.36. The van der Waals surface area contributed by atoms with Gasteiger partial charge in [0.1, 0.15) is 12.4 Å². The molecule has 0 aliphatic rings. The zero-order chi connectivity index (χ0) is 17.1. The first-order valence-corrected chi connectivity index (χ1v) is 7.80. The van der Waals surface area contributed by atoms with Gasteiger partial charge in [0.25, 0.3) is 0 Å². The Morgan fingerprint density at radius 2 is 1.68 bits per heavy atom. The van der Waals surface area contributed by atoms with Crippen molar-refractivity contribution in [3.05, 3.63) is 24.3 Å². The normalized spacial score (nSPS) is 9.60. The minimum absolute atomic E-state index is 0. The Morgan fingerprint density at radius 1 is 1.08 bits per heavy atom. The van der Waals surface area contributed by atoms with Crippen molar-refractivity contribution < 1.29 is 14.3 Å². The number of hydrogen-bond acceptors (Lipinski definition) is 5. The van der Waals surface area contributed by atoms with Crippen LogP contribution in [-0.2, 0) is 9.59 Å². The lowest BCUT2D eigenvalue weighted by atomic mass is 10.3. The van der Waals surface area contributed by atoms with Crippen LogP contribution in [0.5, 0.6) is 5.75 Å². The van der Waals surface area contributed by atoms with Gasteiger partial charge in [-0.2, -0.15) is 0 Å². The number of anilines is 1. The Labute approximate surface area is 161 Å². The maximum atomic E-state index is 11.6. The van der Waals surface area contributed by atoms with E-state index >= 15 is 0 Å². The molecule has 0 saturated carbocycles. The number of rotatable bonds is 10. The molecule has 9 heteroatoms. The predicted octanol–water partition coefficient (Wildman–Crippen LogP) is 1.26. The smallest absolute Gasteiger partial charge is 0.243 e. The van der Waals surface area contributed by atoms with E-state index in [0.29, 0.717) is 12.3 Å². The quantitative estimate of drug-likeness (QED) is 0.554. The van der Waals surface area contributed by atoms with E-state index < -0.39 is 0 Å². The molecule has 0 radical (unpaired) electrons. The minimum atomic E-state index is -0.364. The molecule has 0 spiro atoms. The van der Waals surface area contributed by atoms with Gasteiger partial charge in [0, 0.05) is 12.2 Å². The summed E-state index contributed by atoms with van der Waals surface area (Å²) >= 11 is 0. The van der Waals surface area contributed by atoms with Crippen molar-refractivity contribution in [1.29, 1.82) is 0 Å². The minimum Gasteiger partial charge on any atom is -0.492 e.